The van der Waals surface area contributed by atoms with E-state index in [0.717, 1.165) is 16.3 Å². The number of halogens is 1. The molecule has 0 aliphatic heterocycles. The van der Waals surface area contributed by atoms with Gasteiger partial charge in [0.2, 0.25) is 0 Å². The predicted octanol–water partition coefficient (Wildman–Crippen LogP) is 3.41. The Balaban J connectivity index is 2.22. The molecule has 0 atom stereocenters. The summed E-state index contributed by atoms with van der Waals surface area (Å²) in [7, 11) is -3.23. The number of amides is 1. The highest BCUT2D eigenvalue weighted by Crippen LogP contribution is 2.19. The molecule has 2 aromatic rings. The van der Waals surface area contributed by atoms with E-state index in [1.54, 1.807) is 18.2 Å². The summed E-state index contributed by atoms with van der Waals surface area (Å²) in [4.78, 5) is 12.4. The summed E-state index contributed by atoms with van der Waals surface area (Å²) >= 11 is 3.33. The van der Waals surface area contributed by atoms with Crippen molar-refractivity contribution in [3.8, 4) is 0 Å². The second-order valence-corrected chi connectivity index (χ2v) is 7.64. The Morgan fingerprint density at radius 1 is 1.10 bits per heavy atom. The average molecular weight is 368 g/mol. The molecule has 0 radical (unpaired) electrons. The van der Waals surface area contributed by atoms with Gasteiger partial charge >= 0.3 is 0 Å². The Hall–Kier alpha value is -1.66. The van der Waals surface area contributed by atoms with Gasteiger partial charge in [-0.1, -0.05) is 22.0 Å². The zero-order valence-corrected chi connectivity index (χ0v) is 14.0. The van der Waals surface area contributed by atoms with E-state index in [-0.39, 0.29) is 10.8 Å². The lowest BCUT2D eigenvalue weighted by Crippen LogP contribution is -2.13. The second kappa shape index (κ2) is 5.99. The number of benzene rings is 2. The van der Waals surface area contributed by atoms with E-state index < -0.39 is 9.84 Å². The smallest absolute Gasteiger partial charge is 0.255 e. The maximum atomic E-state index is 12.2. The lowest BCUT2D eigenvalue weighted by Gasteiger charge is -2.08. The fourth-order valence-electron chi connectivity index (χ4n) is 1.82. The normalized spacial score (nSPS) is 11.2. The topological polar surface area (TPSA) is 63.2 Å². The number of hydrogen-bond acceptors (Lipinski definition) is 3. The minimum Gasteiger partial charge on any atom is -0.322 e. The lowest BCUT2D eigenvalue weighted by atomic mass is 10.1. The Labute approximate surface area is 132 Å². The number of sulfone groups is 1. The molecule has 2 aromatic carbocycles. The Morgan fingerprint density at radius 2 is 1.71 bits per heavy atom. The van der Waals surface area contributed by atoms with Crippen molar-refractivity contribution in [1.82, 2.24) is 0 Å². The standard InChI is InChI=1S/C15H14BrNO3S/c1-10-3-4-11(16)9-14(10)15(18)17-12-5-7-13(8-6-12)21(2,19)20/h3-9H,1-2H3,(H,17,18). The summed E-state index contributed by atoms with van der Waals surface area (Å²) in [6.07, 6.45) is 1.14. The quantitative estimate of drug-likeness (QED) is 0.903. The van der Waals surface area contributed by atoms with E-state index in [4.69, 9.17) is 0 Å². The van der Waals surface area contributed by atoms with E-state index in [0.29, 0.717) is 11.3 Å². The van der Waals surface area contributed by atoms with Crippen molar-refractivity contribution in [2.24, 2.45) is 0 Å². The van der Waals surface area contributed by atoms with E-state index in [1.807, 2.05) is 19.1 Å². The molecule has 0 saturated heterocycles. The highest BCUT2D eigenvalue weighted by Gasteiger charge is 2.11. The van der Waals surface area contributed by atoms with Gasteiger partial charge < -0.3 is 5.32 Å². The zero-order valence-electron chi connectivity index (χ0n) is 11.6. The van der Waals surface area contributed by atoms with E-state index >= 15 is 0 Å². The molecular formula is C15H14BrNO3S. The molecule has 0 unspecified atom stereocenters. The minimum atomic E-state index is -3.23. The summed E-state index contributed by atoms with van der Waals surface area (Å²) in [6.45, 7) is 1.86. The first-order valence-corrected chi connectivity index (χ1v) is 8.83. The van der Waals surface area contributed by atoms with Crippen molar-refractivity contribution in [2.75, 3.05) is 11.6 Å². The van der Waals surface area contributed by atoms with Crippen LogP contribution in [-0.4, -0.2) is 20.6 Å². The fourth-order valence-corrected chi connectivity index (χ4v) is 2.81. The molecule has 0 fully saturated rings. The minimum absolute atomic E-state index is 0.221. The number of aryl methyl sites for hydroxylation is 1. The van der Waals surface area contributed by atoms with Crippen LogP contribution in [0.1, 0.15) is 15.9 Å². The van der Waals surface area contributed by atoms with Crippen LogP contribution in [0.25, 0.3) is 0 Å². The third kappa shape index (κ3) is 3.92. The first-order chi connectivity index (χ1) is 9.77. The molecule has 2 rings (SSSR count). The third-order valence-corrected chi connectivity index (χ3v) is 4.61. The Morgan fingerprint density at radius 3 is 2.29 bits per heavy atom. The van der Waals surface area contributed by atoms with Crippen molar-refractivity contribution >= 4 is 37.4 Å². The van der Waals surface area contributed by atoms with Gasteiger partial charge in [-0.05, 0) is 48.9 Å². The molecule has 6 heteroatoms. The van der Waals surface area contributed by atoms with Crippen LogP contribution in [0.4, 0.5) is 5.69 Å². The molecule has 0 heterocycles. The average Bonchev–Trinajstić information content (AvgIpc) is 2.41. The van der Waals surface area contributed by atoms with Crippen LogP contribution in [-0.2, 0) is 9.84 Å². The molecule has 0 aromatic heterocycles. The lowest BCUT2D eigenvalue weighted by molar-refractivity contribution is 0.102. The SMILES string of the molecule is Cc1ccc(Br)cc1C(=O)Nc1ccc(S(C)(=O)=O)cc1. The van der Waals surface area contributed by atoms with Gasteiger partial charge in [0.25, 0.3) is 5.91 Å². The van der Waals surface area contributed by atoms with Crippen LogP contribution < -0.4 is 5.32 Å². The van der Waals surface area contributed by atoms with Crippen LogP contribution >= 0.6 is 15.9 Å². The van der Waals surface area contributed by atoms with E-state index in [9.17, 15) is 13.2 Å². The van der Waals surface area contributed by atoms with Gasteiger partial charge in [0.15, 0.2) is 9.84 Å². The number of carbonyl (C=O) groups is 1. The van der Waals surface area contributed by atoms with Crippen LogP contribution in [0.5, 0.6) is 0 Å². The van der Waals surface area contributed by atoms with Gasteiger partial charge in [-0.3, -0.25) is 4.79 Å². The van der Waals surface area contributed by atoms with Gasteiger partial charge in [0, 0.05) is 22.0 Å². The maximum absolute atomic E-state index is 12.2. The number of carbonyl (C=O) groups excluding carboxylic acids is 1. The van der Waals surface area contributed by atoms with Crippen molar-refractivity contribution in [1.29, 1.82) is 0 Å². The van der Waals surface area contributed by atoms with Crippen LogP contribution in [0, 0.1) is 6.92 Å². The van der Waals surface area contributed by atoms with Gasteiger partial charge in [0.05, 0.1) is 4.90 Å². The number of rotatable bonds is 3. The fraction of sp³-hybridized carbons (Fsp3) is 0.133. The summed E-state index contributed by atoms with van der Waals surface area (Å²) in [6, 6.07) is 11.6. The van der Waals surface area contributed by atoms with Crippen molar-refractivity contribution in [2.45, 2.75) is 11.8 Å². The van der Waals surface area contributed by atoms with Crippen LogP contribution in [0.3, 0.4) is 0 Å². The monoisotopic (exact) mass is 367 g/mol. The Bertz CT molecular complexity index is 783. The summed E-state index contributed by atoms with van der Waals surface area (Å²) in [5.41, 5.74) is 1.98. The number of anilines is 1. The van der Waals surface area contributed by atoms with Crippen molar-refractivity contribution in [3.63, 3.8) is 0 Å². The summed E-state index contributed by atoms with van der Waals surface area (Å²) < 4.78 is 23.6. The molecule has 1 amide bonds. The molecule has 0 spiro atoms. The molecule has 4 nitrogen and oxygen atoms in total. The Kier molecular flexibility index (Phi) is 4.49. The van der Waals surface area contributed by atoms with E-state index in [2.05, 4.69) is 21.2 Å². The van der Waals surface area contributed by atoms with Gasteiger partial charge in [0.1, 0.15) is 0 Å². The van der Waals surface area contributed by atoms with Gasteiger partial charge in [-0.2, -0.15) is 0 Å². The summed E-state index contributed by atoms with van der Waals surface area (Å²) in [5, 5.41) is 2.75. The first kappa shape index (κ1) is 15.7. The molecule has 1 N–H and O–H groups in total. The molecule has 21 heavy (non-hydrogen) atoms. The highest BCUT2D eigenvalue weighted by molar-refractivity contribution is 9.10. The molecule has 0 aliphatic carbocycles. The molecule has 0 bridgehead atoms. The van der Waals surface area contributed by atoms with Gasteiger partial charge in [-0.15, -0.1) is 0 Å². The van der Waals surface area contributed by atoms with Gasteiger partial charge in [-0.25, -0.2) is 8.42 Å². The summed E-state index contributed by atoms with van der Waals surface area (Å²) in [5.74, 6) is -0.235. The predicted molar refractivity (Wildman–Crippen MR) is 86.4 cm³/mol. The molecular weight excluding hydrogens is 354 g/mol. The second-order valence-electron chi connectivity index (χ2n) is 4.71. The third-order valence-electron chi connectivity index (χ3n) is 2.98. The number of nitrogens with one attached hydrogen (secondary N) is 1. The van der Waals surface area contributed by atoms with Crippen molar-refractivity contribution in [3.05, 3.63) is 58.1 Å². The van der Waals surface area contributed by atoms with Crippen molar-refractivity contribution < 1.29 is 13.2 Å². The van der Waals surface area contributed by atoms with Crippen LogP contribution in [0.15, 0.2) is 51.8 Å². The highest BCUT2D eigenvalue weighted by atomic mass is 79.9. The van der Waals surface area contributed by atoms with E-state index in [1.165, 1.54) is 12.1 Å². The molecule has 0 aliphatic rings. The first-order valence-electron chi connectivity index (χ1n) is 6.15. The zero-order chi connectivity index (χ0) is 15.6. The number of hydrogen-bond donors (Lipinski definition) is 1. The maximum Gasteiger partial charge on any atom is 0.255 e. The molecule has 0 saturated carbocycles. The molecule has 110 valence electrons. The largest absolute Gasteiger partial charge is 0.322 e. The van der Waals surface area contributed by atoms with Crippen LogP contribution in [0.2, 0.25) is 0 Å².